The van der Waals surface area contributed by atoms with Crippen molar-refractivity contribution in [3.63, 3.8) is 0 Å². The first kappa shape index (κ1) is 2.05. The number of rotatable bonds is 6. The van der Waals surface area contributed by atoms with E-state index in [2.05, 4.69) is 22.8 Å². The minimum atomic E-state index is -3.00. The van der Waals surface area contributed by atoms with Gasteiger partial charge >= 0.3 is 0 Å². The Morgan fingerprint density at radius 1 is 2.12 bits per heavy atom. The van der Waals surface area contributed by atoms with E-state index >= 15 is 0 Å². The molecule has 0 fully saturated rings. The van der Waals surface area contributed by atoms with Crippen LogP contribution >= 0.6 is 25.2 Å². The molecular formula is C4H10O2S2. The van der Waals surface area contributed by atoms with Crippen LogP contribution in [0.5, 0.6) is 0 Å². The quantitative estimate of drug-likeness (QED) is 0.318. The topological polar surface area (TPSA) is 40.5 Å². The molecule has 2 unspecified atom stereocenters. The zero-order valence-electron chi connectivity index (χ0n) is 11.7. The second kappa shape index (κ2) is 4.49. The second-order valence-electron chi connectivity index (χ2n) is 0.975. The number of hydrogen-bond acceptors (Lipinski definition) is 4. The number of thiol groups is 2. The van der Waals surface area contributed by atoms with Gasteiger partial charge in [-0.05, 0) is 0 Å². The normalized spacial score (nSPS) is 39.6. The van der Waals surface area contributed by atoms with Crippen molar-refractivity contribution < 1.29 is 17.1 Å². The molecule has 0 saturated carbocycles. The smallest absolute Gasteiger partial charge is 0.211 e. The minimum Gasteiger partial charge on any atom is -0.395 e. The van der Waals surface area contributed by atoms with Gasteiger partial charge in [0, 0.05) is 9.82 Å². The average Bonchev–Trinajstić information content (AvgIpc) is 2.15. The number of aliphatic hydroxyl groups excluding tert-OH is 1. The predicted molar refractivity (Wildman–Crippen MR) is 39.7 cm³/mol. The van der Waals surface area contributed by atoms with E-state index in [0.717, 1.165) is 0 Å². The van der Waals surface area contributed by atoms with Crippen molar-refractivity contribution in [3.8, 4) is 0 Å². The van der Waals surface area contributed by atoms with Gasteiger partial charge in [0.1, 0.15) is 1.12 Å². The molecule has 0 radical (unpaired) electrons. The molecule has 2 N–H and O–H groups in total. The summed E-state index contributed by atoms with van der Waals surface area (Å²) in [5.41, 5.74) is -2.54. The Balaban J connectivity index is 5.38. The maximum atomic E-state index is 7.61. The van der Waals surface area contributed by atoms with Crippen molar-refractivity contribution in [1.82, 2.24) is 0 Å². The van der Waals surface area contributed by atoms with Gasteiger partial charge < -0.3 is 10.2 Å². The van der Waals surface area contributed by atoms with E-state index in [1.54, 1.807) is 0 Å². The summed E-state index contributed by atoms with van der Waals surface area (Å²) < 4.78 is 56.5. The zero-order valence-corrected chi connectivity index (χ0v) is 5.46. The minimum absolute atomic E-state index is 0.174. The molecule has 0 bridgehead atoms. The van der Waals surface area contributed by atoms with Crippen LogP contribution in [0.1, 0.15) is 6.85 Å². The van der Waals surface area contributed by atoms with Gasteiger partial charge in [0.25, 0.3) is 0 Å². The van der Waals surface area contributed by atoms with Crippen molar-refractivity contribution in [2.24, 2.45) is 0 Å². The summed E-state index contributed by atoms with van der Waals surface area (Å²) in [5, 5.41) is 4.92. The first-order valence-corrected chi connectivity index (χ1v) is 2.55. The monoisotopic (exact) mass is 164 g/mol. The van der Waals surface area contributed by atoms with E-state index in [1.165, 1.54) is 0 Å². The highest BCUT2D eigenvalue weighted by atomic mass is 32.1. The van der Waals surface area contributed by atoms with Crippen LogP contribution in [0.15, 0.2) is 0 Å². The molecule has 0 aromatic carbocycles. The van der Waals surface area contributed by atoms with Crippen molar-refractivity contribution >= 4 is 25.2 Å². The Labute approximate surface area is 70.8 Å². The molecular weight excluding hydrogens is 146 g/mol. The van der Waals surface area contributed by atoms with Crippen LogP contribution in [-0.4, -0.2) is 37.8 Å². The highest BCUT2D eigenvalue weighted by Gasteiger charge is 2.10. The molecule has 4 heteroatoms. The maximum absolute atomic E-state index is 7.61. The Morgan fingerprint density at radius 2 is 3.00 bits per heavy atom. The van der Waals surface area contributed by atoms with Gasteiger partial charge in [-0.15, -0.1) is 0 Å². The van der Waals surface area contributed by atoms with E-state index in [1.807, 2.05) is 0 Å². The predicted octanol–water partition coefficient (Wildman–Crippen LogP) is -0.432. The lowest BCUT2D eigenvalue weighted by Crippen LogP contribution is -2.25. The van der Waals surface area contributed by atoms with Gasteiger partial charge in [-0.3, -0.25) is 0 Å². The lowest BCUT2D eigenvalue weighted by molar-refractivity contribution is 0.161. The molecule has 0 rings (SSSR count). The summed E-state index contributed by atoms with van der Waals surface area (Å²) in [6, 6.07) is 0. The van der Waals surface area contributed by atoms with Gasteiger partial charge in [-0.2, -0.15) is 25.2 Å². The molecule has 0 heterocycles. The van der Waals surface area contributed by atoms with Crippen molar-refractivity contribution in [1.29, 1.82) is 3.99 Å². The van der Waals surface area contributed by atoms with Gasteiger partial charge in [0.2, 0.25) is 2.86 Å². The van der Waals surface area contributed by atoms with Crippen molar-refractivity contribution in [3.05, 3.63) is 0 Å². The molecule has 8 heavy (non-hydrogen) atoms. The third-order valence-electron chi connectivity index (χ3n) is 0.456. The lowest BCUT2D eigenvalue weighted by atomic mass is 10.6. The number of aliphatic hydroxyl groups is 2. The van der Waals surface area contributed by atoms with Crippen LogP contribution in [0.25, 0.3) is 0 Å². The van der Waals surface area contributed by atoms with Gasteiger partial charge in [0.15, 0.2) is 0 Å². The fourth-order valence-electron chi connectivity index (χ4n) is 0.112. The molecule has 0 aliphatic carbocycles. The van der Waals surface area contributed by atoms with E-state index in [9.17, 15) is 0 Å². The summed E-state index contributed by atoms with van der Waals surface area (Å²) >= 11 is 3.26. The fraction of sp³-hybridized carbons (Fsp3) is 1.00. The largest absolute Gasteiger partial charge is 0.395 e. The van der Waals surface area contributed by atoms with Crippen molar-refractivity contribution in [2.75, 3.05) is 12.3 Å². The SMILES string of the molecule is [2H]O[13CH](C([2H])(S[2H])C([2H])([2H])O[2H])[13C]([2H])([2H])S. The van der Waals surface area contributed by atoms with Crippen LogP contribution in [0.4, 0.5) is 0 Å². The second-order valence-corrected chi connectivity index (χ2v) is 1.67. The first-order chi connectivity index (χ1) is 7.06. The average molecular weight is 164 g/mol. The zero-order chi connectivity index (χ0) is 13.2. The molecule has 0 saturated heterocycles. The van der Waals surface area contributed by atoms with Gasteiger partial charge in [-0.1, -0.05) is 0 Å². The molecule has 0 amide bonds. The van der Waals surface area contributed by atoms with Crippen LogP contribution < -0.4 is 0 Å². The molecule has 0 aliphatic rings. The molecule has 0 aliphatic heterocycles. The molecule has 2 atom stereocenters. The number of hydrogen-bond donors (Lipinski definition) is 4. The Hall–Kier alpha value is 0.620. The summed E-state index contributed by atoms with van der Waals surface area (Å²) in [6.45, 7) is -3.00. The van der Waals surface area contributed by atoms with E-state index in [4.69, 9.17) is 10.8 Å². The van der Waals surface area contributed by atoms with Crippen molar-refractivity contribution in [2.45, 2.75) is 11.3 Å². The van der Waals surface area contributed by atoms with E-state index in [-0.39, 0.29) is 12.5 Å². The van der Waals surface area contributed by atoms with Crippen LogP contribution in [0, 0.1) is 0 Å². The first-order valence-electron chi connectivity index (χ1n) is 5.42. The molecule has 0 spiro atoms. The molecule has 0 aromatic rings. The highest BCUT2D eigenvalue weighted by Crippen LogP contribution is 2.01. The molecule has 2 nitrogen and oxygen atoms in total. The van der Waals surface area contributed by atoms with Gasteiger partial charge in [-0.25, -0.2) is 0 Å². The van der Waals surface area contributed by atoms with Crippen LogP contribution in [-0.2, 0) is 0 Å². The summed E-state index contributed by atoms with van der Waals surface area (Å²) in [6.07, 6.45) is -2.02. The maximum Gasteiger partial charge on any atom is 0.211 e. The third-order valence-corrected chi connectivity index (χ3v) is 0.988. The molecule has 0 aromatic heterocycles. The fourth-order valence-corrected chi connectivity index (χ4v) is 0.388. The van der Waals surface area contributed by atoms with E-state index < -0.39 is 23.6 Å². The summed E-state index contributed by atoms with van der Waals surface area (Å²) in [7, 11) is 0. The van der Waals surface area contributed by atoms with Crippen LogP contribution in [0.3, 0.4) is 0 Å². The highest BCUT2D eigenvalue weighted by molar-refractivity contribution is 7.81. The Morgan fingerprint density at radius 3 is 3.38 bits per heavy atom. The summed E-state index contributed by atoms with van der Waals surface area (Å²) in [5.74, 6) is 0. The standard InChI is InChI=1S/C4H10O2S2/c5-1-4(8)3(6)2-7/h3-8H,1-2H2/i1D2,2+1D2,3+1,4D,5D,6D/hD. The third kappa shape index (κ3) is 2.81. The Bertz CT molecular complexity index is 235. The van der Waals surface area contributed by atoms with Crippen LogP contribution in [0.2, 0.25) is 0 Å². The Kier molecular flexibility index (Phi) is 1.15. The van der Waals surface area contributed by atoms with Gasteiger partial charge in [0.05, 0.1) is 20.6 Å². The van der Waals surface area contributed by atoms with E-state index in [0.29, 0.717) is 0 Å². The summed E-state index contributed by atoms with van der Waals surface area (Å²) in [4.78, 5) is 0. The molecule has 50 valence electrons. The lowest BCUT2D eigenvalue weighted by Gasteiger charge is -2.11.